The molecule has 0 aromatic carbocycles. The number of hydrogen-bond acceptors (Lipinski definition) is 4. The highest BCUT2D eigenvalue weighted by atomic mass is 32.1. The summed E-state index contributed by atoms with van der Waals surface area (Å²) < 4.78 is 0. The van der Waals surface area contributed by atoms with Crippen molar-refractivity contribution >= 4 is 22.3 Å². The first-order valence-electron chi connectivity index (χ1n) is 5.13. The van der Waals surface area contributed by atoms with Gasteiger partial charge in [-0.05, 0) is 12.8 Å². The molecule has 0 saturated carbocycles. The Hall–Kier alpha value is -0.900. The predicted octanol–water partition coefficient (Wildman–Crippen LogP) is 2.83. The molecule has 0 spiro atoms. The summed E-state index contributed by atoms with van der Waals surface area (Å²) in [4.78, 5) is 18.3. The first-order valence-corrected chi connectivity index (χ1v) is 5.94. The molecule has 84 valence electrons. The SMILES string of the molecule is CC(=O)c1cnc(N(C)C(C)C(C)C)s1. The molecule has 0 amide bonds. The van der Waals surface area contributed by atoms with Gasteiger partial charge >= 0.3 is 0 Å². The largest absolute Gasteiger partial charge is 0.348 e. The van der Waals surface area contributed by atoms with Gasteiger partial charge in [0.05, 0.1) is 11.1 Å². The summed E-state index contributed by atoms with van der Waals surface area (Å²) in [6.45, 7) is 8.10. The summed E-state index contributed by atoms with van der Waals surface area (Å²) in [6.07, 6.45) is 1.66. The number of carbonyl (C=O) groups is 1. The van der Waals surface area contributed by atoms with Crippen LogP contribution in [0.2, 0.25) is 0 Å². The Morgan fingerprint density at radius 1 is 1.47 bits per heavy atom. The van der Waals surface area contributed by atoms with E-state index in [0.29, 0.717) is 12.0 Å². The minimum absolute atomic E-state index is 0.0874. The number of aromatic nitrogens is 1. The van der Waals surface area contributed by atoms with Crippen LogP contribution in [-0.4, -0.2) is 23.9 Å². The highest BCUT2D eigenvalue weighted by Crippen LogP contribution is 2.25. The van der Waals surface area contributed by atoms with Gasteiger partial charge in [0.2, 0.25) is 0 Å². The van der Waals surface area contributed by atoms with Gasteiger partial charge in [-0.2, -0.15) is 0 Å². The second kappa shape index (κ2) is 4.75. The number of thiazole rings is 1. The third-order valence-electron chi connectivity index (χ3n) is 2.72. The first-order chi connectivity index (χ1) is 6.93. The standard InChI is InChI=1S/C11H18N2OS/c1-7(2)8(3)13(5)11-12-6-10(15-11)9(4)14/h6-8H,1-5H3. The molecular formula is C11H18N2OS. The van der Waals surface area contributed by atoms with Crippen LogP contribution in [0.15, 0.2) is 6.20 Å². The summed E-state index contributed by atoms with van der Waals surface area (Å²) >= 11 is 1.46. The summed E-state index contributed by atoms with van der Waals surface area (Å²) in [5.74, 6) is 0.657. The van der Waals surface area contributed by atoms with E-state index in [-0.39, 0.29) is 5.78 Å². The average Bonchev–Trinajstić information content (AvgIpc) is 2.64. The van der Waals surface area contributed by atoms with Gasteiger partial charge in [-0.25, -0.2) is 4.98 Å². The molecular weight excluding hydrogens is 208 g/mol. The van der Waals surface area contributed by atoms with Crippen LogP contribution in [0.4, 0.5) is 5.13 Å². The summed E-state index contributed by atoms with van der Waals surface area (Å²) in [6, 6.07) is 0.427. The maximum Gasteiger partial charge on any atom is 0.185 e. The smallest absolute Gasteiger partial charge is 0.185 e. The molecule has 1 rings (SSSR count). The molecule has 0 radical (unpaired) electrons. The van der Waals surface area contributed by atoms with E-state index in [1.165, 1.54) is 11.3 Å². The van der Waals surface area contributed by atoms with Gasteiger partial charge in [0, 0.05) is 20.0 Å². The van der Waals surface area contributed by atoms with Crippen LogP contribution in [0.25, 0.3) is 0 Å². The number of carbonyl (C=O) groups excluding carboxylic acids is 1. The van der Waals surface area contributed by atoms with E-state index < -0.39 is 0 Å². The molecule has 0 aliphatic carbocycles. The molecule has 3 nitrogen and oxygen atoms in total. The predicted molar refractivity (Wildman–Crippen MR) is 64.8 cm³/mol. The van der Waals surface area contributed by atoms with E-state index in [1.54, 1.807) is 13.1 Å². The molecule has 1 aromatic rings. The zero-order valence-electron chi connectivity index (χ0n) is 9.94. The Balaban J connectivity index is 2.82. The molecule has 0 bridgehead atoms. The second-order valence-corrected chi connectivity index (χ2v) is 5.17. The van der Waals surface area contributed by atoms with Crippen molar-refractivity contribution in [3.63, 3.8) is 0 Å². The van der Waals surface area contributed by atoms with Crippen molar-refractivity contribution in [2.45, 2.75) is 33.7 Å². The van der Waals surface area contributed by atoms with Crippen LogP contribution >= 0.6 is 11.3 Å². The highest BCUT2D eigenvalue weighted by Gasteiger charge is 2.17. The lowest BCUT2D eigenvalue weighted by molar-refractivity contribution is 0.102. The minimum Gasteiger partial charge on any atom is -0.348 e. The molecule has 1 aromatic heterocycles. The van der Waals surface area contributed by atoms with Crippen LogP contribution in [0.3, 0.4) is 0 Å². The summed E-state index contributed by atoms with van der Waals surface area (Å²) in [5, 5.41) is 0.918. The van der Waals surface area contributed by atoms with Crippen LogP contribution in [-0.2, 0) is 0 Å². The molecule has 4 heteroatoms. The third-order valence-corrected chi connectivity index (χ3v) is 3.91. The van der Waals surface area contributed by atoms with Crippen LogP contribution in [0.5, 0.6) is 0 Å². The molecule has 0 aliphatic rings. The number of hydrogen-bond donors (Lipinski definition) is 0. The third kappa shape index (κ3) is 2.78. The molecule has 0 saturated heterocycles. The Bertz CT molecular complexity index is 346. The lowest BCUT2D eigenvalue weighted by atomic mass is 10.1. The Morgan fingerprint density at radius 2 is 2.07 bits per heavy atom. The number of anilines is 1. The second-order valence-electron chi connectivity index (χ2n) is 4.16. The average molecular weight is 226 g/mol. The van der Waals surface area contributed by atoms with E-state index in [2.05, 4.69) is 30.7 Å². The molecule has 0 fully saturated rings. The van der Waals surface area contributed by atoms with E-state index in [0.717, 1.165) is 10.0 Å². The van der Waals surface area contributed by atoms with Gasteiger partial charge in [-0.1, -0.05) is 25.2 Å². The Kier molecular flexibility index (Phi) is 3.85. The van der Waals surface area contributed by atoms with Crippen molar-refractivity contribution in [3.8, 4) is 0 Å². The van der Waals surface area contributed by atoms with E-state index in [9.17, 15) is 4.79 Å². The van der Waals surface area contributed by atoms with E-state index in [4.69, 9.17) is 0 Å². The quantitative estimate of drug-likeness (QED) is 0.740. The van der Waals surface area contributed by atoms with Crippen molar-refractivity contribution in [1.82, 2.24) is 4.98 Å². The topological polar surface area (TPSA) is 33.2 Å². The molecule has 0 aliphatic heterocycles. The maximum absolute atomic E-state index is 11.1. The first kappa shape index (κ1) is 12.2. The van der Waals surface area contributed by atoms with Crippen molar-refractivity contribution in [1.29, 1.82) is 0 Å². The van der Waals surface area contributed by atoms with Crippen molar-refractivity contribution in [2.75, 3.05) is 11.9 Å². The van der Waals surface area contributed by atoms with E-state index >= 15 is 0 Å². The molecule has 0 N–H and O–H groups in total. The molecule has 15 heavy (non-hydrogen) atoms. The van der Waals surface area contributed by atoms with Crippen molar-refractivity contribution < 1.29 is 4.79 Å². The van der Waals surface area contributed by atoms with Gasteiger partial charge < -0.3 is 4.90 Å². The van der Waals surface area contributed by atoms with E-state index in [1.807, 2.05) is 7.05 Å². The molecule has 1 atom stereocenters. The minimum atomic E-state index is 0.0874. The number of rotatable bonds is 4. The number of Topliss-reactive ketones (excluding diaryl/α,β-unsaturated/α-hetero) is 1. The lowest BCUT2D eigenvalue weighted by Crippen LogP contribution is -2.32. The van der Waals surface area contributed by atoms with Crippen molar-refractivity contribution in [2.24, 2.45) is 5.92 Å². The normalized spacial score (nSPS) is 12.9. The zero-order valence-corrected chi connectivity index (χ0v) is 10.8. The van der Waals surface area contributed by atoms with Gasteiger partial charge in [-0.15, -0.1) is 0 Å². The monoisotopic (exact) mass is 226 g/mol. The van der Waals surface area contributed by atoms with Gasteiger partial charge in [0.15, 0.2) is 10.9 Å². The van der Waals surface area contributed by atoms with Crippen LogP contribution in [0.1, 0.15) is 37.4 Å². The highest BCUT2D eigenvalue weighted by molar-refractivity contribution is 7.17. The fourth-order valence-corrected chi connectivity index (χ4v) is 2.07. The van der Waals surface area contributed by atoms with Crippen LogP contribution < -0.4 is 4.90 Å². The Morgan fingerprint density at radius 3 is 2.47 bits per heavy atom. The molecule has 1 unspecified atom stereocenters. The fourth-order valence-electron chi connectivity index (χ4n) is 1.21. The lowest BCUT2D eigenvalue weighted by Gasteiger charge is -2.27. The number of nitrogens with zero attached hydrogens (tertiary/aromatic N) is 2. The van der Waals surface area contributed by atoms with Crippen LogP contribution in [0, 0.1) is 5.92 Å². The summed E-state index contributed by atoms with van der Waals surface area (Å²) in [7, 11) is 2.02. The van der Waals surface area contributed by atoms with Gasteiger partial charge in [0.1, 0.15) is 0 Å². The fraction of sp³-hybridized carbons (Fsp3) is 0.636. The van der Waals surface area contributed by atoms with Gasteiger partial charge in [-0.3, -0.25) is 4.79 Å². The van der Waals surface area contributed by atoms with Gasteiger partial charge in [0.25, 0.3) is 0 Å². The maximum atomic E-state index is 11.1. The molecule has 1 heterocycles. The van der Waals surface area contributed by atoms with Crippen molar-refractivity contribution in [3.05, 3.63) is 11.1 Å². The Labute approximate surface area is 95.1 Å². The summed E-state index contributed by atoms with van der Waals surface area (Å²) in [5.41, 5.74) is 0. The number of ketones is 1. The zero-order chi connectivity index (χ0) is 11.6.